The first kappa shape index (κ1) is 26.9. The molecule has 208 valence electrons. The molecule has 5 rings (SSSR count). The lowest BCUT2D eigenvalue weighted by atomic mass is 10.0. The van der Waals surface area contributed by atoms with Gasteiger partial charge in [-0.05, 0) is 42.2 Å². The van der Waals surface area contributed by atoms with Crippen LogP contribution in [0.3, 0.4) is 0 Å². The van der Waals surface area contributed by atoms with E-state index < -0.39 is 12.0 Å². The van der Waals surface area contributed by atoms with E-state index in [1.54, 1.807) is 11.0 Å². The lowest BCUT2D eigenvalue weighted by molar-refractivity contribution is 0.0303. The molecule has 2 aliphatic heterocycles. The maximum Gasteiger partial charge on any atom is 0.404 e. The molecule has 0 bridgehead atoms. The number of carbonyl (C=O) groups is 3. The number of benzene rings is 2. The second-order valence-electron chi connectivity index (χ2n) is 9.73. The topological polar surface area (TPSA) is 163 Å². The molecule has 2 fully saturated rings. The van der Waals surface area contributed by atoms with Crippen LogP contribution in [0.25, 0.3) is 11.1 Å². The van der Waals surface area contributed by atoms with E-state index in [0.29, 0.717) is 63.0 Å². The average Bonchev–Trinajstić information content (AvgIpc) is 2.97. The number of hydrogen-bond acceptors (Lipinski definition) is 8. The van der Waals surface area contributed by atoms with E-state index in [4.69, 9.17) is 15.6 Å². The number of piperidine rings is 1. The number of rotatable bonds is 7. The number of nitrogens with one attached hydrogen (secondary N) is 2. The highest BCUT2D eigenvalue weighted by Crippen LogP contribution is 2.29. The Bertz CT molecular complexity index is 1400. The fourth-order valence-electron chi connectivity index (χ4n) is 4.96. The number of morpholine rings is 1. The Balaban J connectivity index is 1.49. The van der Waals surface area contributed by atoms with Gasteiger partial charge in [0.05, 0.1) is 13.2 Å². The molecule has 3 amide bonds. The van der Waals surface area contributed by atoms with Crippen molar-refractivity contribution in [2.75, 3.05) is 49.6 Å². The summed E-state index contributed by atoms with van der Waals surface area (Å²) in [7, 11) is 0. The molecular weight excluding hydrogens is 514 g/mol. The molecule has 1 unspecified atom stereocenters. The highest BCUT2D eigenvalue weighted by atomic mass is 16.5. The molecular formula is C28H31N7O5. The summed E-state index contributed by atoms with van der Waals surface area (Å²) in [6, 6.07) is 14.9. The van der Waals surface area contributed by atoms with Crippen LogP contribution in [0.2, 0.25) is 0 Å². The van der Waals surface area contributed by atoms with E-state index in [1.165, 1.54) is 6.20 Å². The van der Waals surface area contributed by atoms with Crippen molar-refractivity contribution in [2.24, 2.45) is 5.73 Å². The minimum Gasteiger partial charge on any atom is -0.465 e. The molecule has 40 heavy (non-hydrogen) atoms. The first-order chi connectivity index (χ1) is 19.4. The van der Waals surface area contributed by atoms with E-state index in [2.05, 4.69) is 20.6 Å². The molecule has 2 aromatic carbocycles. The van der Waals surface area contributed by atoms with E-state index in [-0.39, 0.29) is 23.3 Å². The van der Waals surface area contributed by atoms with Gasteiger partial charge in [0.2, 0.25) is 5.95 Å². The van der Waals surface area contributed by atoms with Crippen molar-refractivity contribution in [3.8, 4) is 11.1 Å². The van der Waals surface area contributed by atoms with Crippen molar-refractivity contribution in [1.29, 1.82) is 0 Å². The summed E-state index contributed by atoms with van der Waals surface area (Å²) < 4.78 is 5.40. The molecule has 0 spiro atoms. The van der Waals surface area contributed by atoms with Gasteiger partial charge < -0.3 is 36.0 Å². The monoisotopic (exact) mass is 545 g/mol. The van der Waals surface area contributed by atoms with Crippen LogP contribution in [0.4, 0.5) is 22.2 Å². The summed E-state index contributed by atoms with van der Waals surface area (Å²) in [6.45, 7) is 3.01. The number of anilines is 3. The van der Waals surface area contributed by atoms with Gasteiger partial charge in [0.15, 0.2) is 0 Å². The van der Waals surface area contributed by atoms with Gasteiger partial charge >= 0.3 is 6.09 Å². The predicted molar refractivity (Wildman–Crippen MR) is 149 cm³/mol. The van der Waals surface area contributed by atoms with Crippen molar-refractivity contribution in [1.82, 2.24) is 20.2 Å². The van der Waals surface area contributed by atoms with Crippen LogP contribution < -0.4 is 21.3 Å². The molecule has 3 heterocycles. The molecule has 3 aromatic rings. The Morgan fingerprint density at radius 3 is 2.52 bits per heavy atom. The van der Waals surface area contributed by atoms with Gasteiger partial charge in [0, 0.05) is 49.7 Å². The lowest BCUT2D eigenvalue weighted by Crippen LogP contribution is -2.48. The fraction of sp³-hybridized carbons (Fsp3) is 0.321. The van der Waals surface area contributed by atoms with Crippen LogP contribution in [0.15, 0.2) is 54.7 Å². The Morgan fingerprint density at radius 1 is 1.02 bits per heavy atom. The van der Waals surface area contributed by atoms with Crippen LogP contribution in [0, 0.1) is 0 Å². The van der Waals surface area contributed by atoms with Crippen molar-refractivity contribution < 1.29 is 24.2 Å². The first-order valence-corrected chi connectivity index (χ1v) is 13.1. The third-order valence-corrected chi connectivity index (χ3v) is 6.92. The Kier molecular flexibility index (Phi) is 8.06. The zero-order chi connectivity index (χ0) is 28.1. The Hall–Kier alpha value is -4.71. The summed E-state index contributed by atoms with van der Waals surface area (Å²) in [4.78, 5) is 49.4. The predicted octanol–water partition coefficient (Wildman–Crippen LogP) is 2.69. The van der Waals surface area contributed by atoms with Crippen LogP contribution in [0.5, 0.6) is 0 Å². The van der Waals surface area contributed by atoms with Crippen molar-refractivity contribution in [3.63, 3.8) is 0 Å². The zero-order valence-electron chi connectivity index (χ0n) is 21.9. The van der Waals surface area contributed by atoms with Crippen LogP contribution in [-0.2, 0) is 4.74 Å². The number of primary amides is 1. The van der Waals surface area contributed by atoms with E-state index >= 15 is 0 Å². The standard InChI is InChI=1S/C28H31N7O5/c29-24(36)23-16-30-27(35-8-4-7-21(17-35)32-28(38)39)33-25(23)31-22-14-19(18-5-2-1-3-6-18)13-20(15-22)26(37)34-9-11-40-12-10-34/h1-3,5-6,13-16,21,32H,4,7-12,17H2,(H2,29,36)(H,38,39)(H,30,31,33). The minimum absolute atomic E-state index is 0.0899. The summed E-state index contributed by atoms with van der Waals surface area (Å²) in [5.41, 5.74) is 8.51. The van der Waals surface area contributed by atoms with Crippen LogP contribution in [-0.4, -0.2) is 83.3 Å². The largest absolute Gasteiger partial charge is 0.465 e. The second-order valence-corrected chi connectivity index (χ2v) is 9.73. The number of carbonyl (C=O) groups excluding carboxylic acids is 2. The number of carboxylic acid groups (broad SMARTS) is 1. The molecule has 0 aliphatic carbocycles. The molecule has 2 saturated heterocycles. The Labute approximate surface area is 231 Å². The van der Waals surface area contributed by atoms with Crippen molar-refractivity contribution in [2.45, 2.75) is 18.9 Å². The molecule has 1 atom stereocenters. The SMILES string of the molecule is NC(=O)c1cnc(N2CCCC(NC(=O)O)C2)nc1Nc1cc(C(=O)N2CCOCC2)cc(-c2ccccc2)c1. The molecule has 2 aliphatic rings. The van der Waals surface area contributed by atoms with Gasteiger partial charge in [-0.15, -0.1) is 0 Å². The highest BCUT2D eigenvalue weighted by molar-refractivity contribution is 5.99. The third kappa shape index (κ3) is 6.29. The van der Waals surface area contributed by atoms with Crippen molar-refractivity contribution in [3.05, 3.63) is 65.9 Å². The van der Waals surface area contributed by atoms with E-state index in [0.717, 1.165) is 17.5 Å². The number of aromatic nitrogens is 2. The molecule has 0 saturated carbocycles. The van der Waals surface area contributed by atoms with E-state index in [9.17, 15) is 14.4 Å². The van der Waals surface area contributed by atoms with Gasteiger partial charge in [-0.2, -0.15) is 4.98 Å². The fourth-order valence-corrected chi connectivity index (χ4v) is 4.96. The lowest BCUT2D eigenvalue weighted by Gasteiger charge is -2.32. The van der Waals surface area contributed by atoms with Gasteiger partial charge in [0.1, 0.15) is 11.4 Å². The normalized spacial score (nSPS) is 17.2. The number of nitrogens with zero attached hydrogens (tertiary/aromatic N) is 4. The Morgan fingerprint density at radius 2 is 1.80 bits per heavy atom. The quantitative estimate of drug-likeness (QED) is 0.349. The third-order valence-electron chi connectivity index (χ3n) is 6.92. The maximum absolute atomic E-state index is 13.4. The minimum atomic E-state index is -1.08. The van der Waals surface area contributed by atoms with Gasteiger partial charge in [-0.25, -0.2) is 9.78 Å². The van der Waals surface area contributed by atoms with E-state index in [1.807, 2.05) is 47.4 Å². The number of amides is 3. The number of nitrogens with two attached hydrogens (primary N) is 1. The second kappa shape index (κ2) is 12.0. The van der Waals surface area contributed by atoms with Gasteiger partial charge in [-0.3, -0.25) is 9.59 Å². The zero-order valence-corrected chi connectivity index (χ0v) is 21.9. The van der Waals surface area contributed by atoms with Gasteiger partial charge in [0.25, 0.3) is 11.8 Å². The summed E-state index contributed by atoms with van der Waals surface area (Å²) >= 11 is 0. The average molecular weight is 546 g/mol. The summed E-state index contributed by atoms with van der Waals surface area (Å²) in [5, 5.41) is 14.8. The molecule has 0 radical (unpaired) electrons. The van der Waals surface area contributed by atoms with Crippen molar-refractivity contribution >= 4 is 35.4 Å². The smallest absolute Gasteiger partial charge is 0.404 e. The van der Waals surface area contributed by atoms with Crippen LogP contribution >= 0.6 is 0 Å². The highest BCUT2D eigenvalue weighted by Gasteiger charge is 2.25. The summed E-state index contributed by atoms with van der Waals surface area (Å²) in [6.07, 6.45) is 1.74. The maximum atomic E-state index is 13.4. The molecule has 12 heteroatoms. The molecule has 5 N–H and O–H groups in total. The van der Waals surface area contributed by atoms with Crippen LogP contribution in [0.1, 0.15) is 33.6 Å². The molecule has 12 nitrogen and oxygen atoms in total. The first-order valence-electron chi connectivity index (χ1n) is 13.1. The number of hydrogen-bond donors (Lipinski definition) is 4. The summed E-state index contributed by atoms with van der Waals surface area (Å²) in [5.74, 6) is -0.288. The number of ether oxygens (including phenoxy) is 1. The molecule has 1 aromatic heterocycles. The van der Waals surface area contributed by atoms with Gasteiger partial charge in [-0.1, -0.05) is 30.3 Å².